The molecule has 1 amide bonds. The van der Waals surface area contributed by atoms with Crippen LogP contribution in [0.5, 0.6) is 0 Å². The van der Waals surface area contributed by atoms with Crippen LogP contribution in [-0.4, -0.2) is 26.5 Å². The molecule has 0 radical (unpaired) electrons. The second kappa shape index (κ2) is 5.06. The van der Waals surface area contributed by atoms with Gasteiger partial charge in [0.05, 0.1) is 13.0 Å². The number of nitrogens with one attached hydrogen (secondary N) is 2. The smallest absolute Gasteiger partial charge is 0.224 e. The predicted octanol–water partition coefficient (Wildman–Crippen LogP) is -0.359. The zero-order valence-corrected chi connectivity index (χ0v) is 9.05. The Hall–Kier alpha value is -2.44. The van der Waals surface area contributed by atoms with Gasteiger partial charge in [0.1, 0.15) is 0 Å². The van der Waals surface area contributed by atoms with Crippen molar-refractivity contribution in [3.8, 4) is 0 Å². The molecule has 1 heterocycles. The van der Waals surface area contributed by atoms with Crippen molar-refractivity contribution in [1.82, 2.24) is 25.9 Å². The lowest BCUT2D eigenvalue weighted by Crippen LogP contribution is -2.25. The number of carbonyl (C=O) groups is 1. The lowest BCUT2D eigenvalue weighted by atomic mass is 10.1. The van der Waals surface area contributed by atoms with E-state index in [1.807, 2.05) is 18.2 Å². The van der Waals surface area contributed by atoms with Gasteiger partial charge in [-0.05, 0) is 11.6 Å². The van der Waals surface area contributed by atoms with Crippen molar-refractivity contribution in [3.63, 3.8) is 0 Å². The summed E-state index contributed by atoms with van der Waals surface area (Å²) >= 11 is 0. The van der Waals surface area contributed by atoms with Crippen molar-refractivity contribution >= 4 is 11.6 Å². The average Bonchev–Trinajstić information content (AvgIpc) is 2.82. The third kappa shape index (κ3) is 3.00. The number of aromatic nitrogens is 4. The summed E-state index contributed by atoms with van der Waals surface area (Å²) in [5.41, 5.74) is 7.16. The van der Waals surface area contributed by atoms with Crippen molar-refractivity contribution in [2.75, 3.05) is 5.73 Å². The zero-order chi connectivity index (χ0) is 12.1. The van der Waals surface area contributed by atoms with E-state index in [2.05, 4.69) is 25.9 Å². The number of hydrogen-bond donors (Lipinski definition) is 3. The number of carbonyl (C=O) groups excluding carboxylic acids is 1. The highest BCUT2D eigenvalue weighted by atomic mass is 16.1. The zero-order valence-electron chi connectivity index (χ0n) is 9.05. The Morgan fingerprint density at radius 3 is 2.94 bits per heavy atom. The molecule has 0 saturated heterocycles. The molecule has 2 aromatic rings. The Kier molecular flexibility index (Phi) is 3.29. The van der Waals surface area contributed by atoms with Crippen LogP contribution >= 0.6 is 0 Å². The summed E-state index contributed by atoms with van der Waals surface area (Å²) in [4.78, 5) is 11.6. The number of benzene rings is 1. The lowest BCUT2D eigenvalue weighted by Gasteiger charge is -2.05. The molecule has 88 valence electrons. The van der Waals surface area contributed by atoms with Crippen LogP contribution in [0.1, 0.15) is 11.4 Å². The Morgan fingerprint density at radius 2 is 2.24 bits per heavy atom. The standard InChI is InChI=1S/C10H12N6O/c11-8-4-2-1-3-7(8)5-10(17)12-6-9-13-15-16-14-9/h1-4H,5-6,11H2,(H,12,17)(H,13,14,15,16). The maximum atomic E-state index is 11.6. The normalized spacial score (nSPS) is 10.1. The van der Waals surface area contributed by atoms with E-state index in [0.717, 1.165) is 5.56 Å². The molecule has 7 heteroatoms. The Balaban J connectivity index is 1.87. The minimum absolute atomic E-state index is 0.132. The number of nitrogens with two attached hydrogens (primary N) is 1. The first kappa shape index (κ1) is 11.1. The molecule has 0 aliphatic carbocycles. The number of amides is 1. The maximum Gasteiger partial charge on any atom is 0.224 e. The summed E-state index contributed by atoms with van der Waals surface area (Å²) in [5, 5.41) is 15.8. The van der Waals surface area contributed by atoms with Crippen LogP contribution in [0.4, 0.5) is 5.69 Å². The number of rotatable bonds is 4. The largest absolute Gasteiger partial charge is 0.398 e. The summed E-state index contributed by atoms with van der Waals surface area (Å²) < 4.78 is 0. The minimum Gasteiger partial charge on any atom is -0.398 e. The van der Waals surface area contributed by atoms with Gasteiger partial charge in [-0.3, -0.25) is 4.79 Å². The van der Waals surface area contributed by atoms with Crippen molar-refractivity contribution < 1.29 is 4.79 Å². The van der Waals surface area contributed by atoms with Crippen LogP contribution in [0, 0.1) is 0 Å². The third-order valence-corrected chi connectivity index (χ3v) is 2.24. The summed E-state index contributed by atoms with van der Waals surface area (Å²) in [6, 6.07) is 7.26. The molecular weight excluding hydrogens is 220 g/mol. The van der Waals surface area contributed by atoms with E-state index >= 15 is 0 Å². The molecule has 0 atom stereocenters. The van der Waals surface area contributed by atoms with E-state index in [4.69, 9.17) is 5.73 Å². The summed E-state index contributed by atoms with van der Waals surface area (Å²) in [6.45, 7) is 0.252. The predicted molar refractivity (Wildman–Crippen MR) is 60.6 cm³/mol. The summed E-state index contributed by atoms with van der Waals surface area (Å²) in [5.74, 6) is 0.312. The molecule has 0 aliphatic rings. The second-order valence-corrected chi connectivity index (χ2v) is 3.48. The Labute approximate surface area is 97.4 Å². The van der Waals surface area contributed by atoms with Crippen LogP contribution < -0.4 is 11.1 Å². The average molecular weight is 232 g/mol. The number of nitrogens with zero attached hydrogens (tertiary/aromatic N) is 3. The number of hydrogen-bond acceptors (Lipinski definition) is 5. The van der Waals surface area contributed by atoms with Gasteiger partial charge in [0.25, 0.3) is 0 Å². The first-order valence-electron chi connectivity index (χ1n) is 5.08. The second-order valence-electron chi connectivity index (χ2n) is 3.48. The quantitative estimate of drug-likeness (QED) is 0.624. The van der Waals surface area contributed by atoms with Gasteiger partial charge in [0.15, 0.2) is 5.82 Å². The fraction of sp³-hybridized carbons (Fsp3) is 0.200. The molecule has 17 heavy (non-hydrogen) atoms. The molecule has 1 aromatic carbocycles. The molecule has 0 fully saturated rings. The number of para-hydroxylation sites is 1. The van der Waals surface area contributed by atoms with Gasteiger partial charge < -0.3 is 11.1 Å². The van der Waals surface area contributed by atoms with Crippen LogP contribution in [0.2, 0.25) is 0 Å². The van der Waals surface area contributed by atoms with E-state index in [0.29, 0.717) is 11.5 Å². The topological polar surface area (TPSA) is 110 Å². The van der Waals surface area contributed by atoms with Crippen molar-refractivity contribution in [1.29, 1.82) is 0 Å². The van der Waals surface area contributed by atoms with E-state index in [1.54, 1.807) is 6.07 Å². The molecule has 7 nitrogen and oxygen atoms in total. The highest BCUT2D eigenvalue weighted by molar-refractivity contribution is 5.80. The first-order valence-corrected chi connectivity index (χ1v) is 5.08. The molecule has 0 saturated carbocycles. The molecule has 2 rings (SSSR count). The number of H-pyrrole nitrogens is 1. The van der Waals surface area contributed by atoms with Gasteiger partial charge in [-0.15, -0.1) is 10.2 Å². The monoisotopic (exact) mass is 232 g/mol. The Morgan fingerprint density at radius 1 is 1.41 bits per heavy atom. The third-order valence-electron chi connectivity index (χ3n) is 2.24. The number of nitrogen functional groups attached to an aromatic ring is 1. The van der Waals surface area contributed by atoms with Crippen LogP contribution in [0.15, 0.2) is 24.3 Å². The molecule has 4 N–H and O–H groups in total. The van der Waals surface area contributed by atoms with Gasteiger partial charge in [0, 0.05) is 5.69 Å². The van der Waals surface area contributed by atoms with E-state index in [1.165, 1.54) is 0 Å². The summed E-state index contributed by atoms with van der Waals surface area (Å²) in [7, 11) is 0. The molecule has 0 unspecified atom stereocenters. The van der Waals surface area contributed by atoms with Gasteiger partial charge >= 0.3 is 0 Å². The van der Waals surface area contributed by atoms with E-state index in [-0.39, 0.29) is 18.9 Å². The van der Waals surface area contributed by atoms with Gasteiger partial charge in [-0.1, -0.05) is 23.4 Å². The summed E-state index contributed by atoms with van der Waals surface area (Å²) in [6.07, 6.45) is 0.241. The Bertz CT molecular complexity index is 495. The fourth-order valence-corrected chi connectivity index (χ4v) is 1.37. The SMILES string of the molecule is Nc1ccccc1CC(=O)NCc1nn[nH]n1. The lowest BCUT2D eigenvalue weighted by molar-refractivity contribution is -0.120. The van der Waals surface area contributed by atoms with Gasteiger partial charge in [0.2, 0.25) is 5.91 Å². The fourth-order valence-electron chi connectivity index (χ4n) is 1.37. The van der Waals surface area contributed by atoms with E-state index in [9.17, 15) is 4.79 Å². The number of aromatic amines is 1. The van der Waals surface area contributed by atoms with Crippen molar-refractivity contribution in [2.45, 2.75) is 13.0 Å². The molecular formula is C10H12N6O. The number of tetrazole rings is 1. The minimum atomic E-state index is -0.132. The van der Waals surface area contributed by atoms with Gasteiger partial charge in [-0.2, -0.15) is 5.21 Å². The molecule has 0 bridgehead atoms. The van der Waals surface area contributed by atoms with E-state index < -0.39 is 0 Å². The van der Waals surface area contributed by atoms with Crippen LogP contribution in [0.25, 0.3) is 0 Å². The molecule has 0 aliphatic heterocycles. The highest BCUT2D eigenvalue weighted by Gasteiger charge is 2.06. The number of anilines is 1. The highest BCUT2D eigenvalue weighted by Crippen LogP contribution is 2.10. The first-order chi connectivity index (χ1) is 8.25. The maximum absolute atomic E-state index is 11.6. The van der Waals surface area contributed by atoms with Crippen molar-refractivity contribution in [3.05, 3.63) is 35.7 Å². The molecule has 1 aromatic heterocycles. The van der Waals surface area contributed by atoms with Crippen molar-refractivity contribution in [2.24, 2.45) is 0 Å². The molecule has 0 spiro atoms. The van der Waals surface area contributed by atoms with Crippen LogP contribution in [0.3, 0.4) is 0 Å². The van der Waals surface area contributed by atoms with Gasteiger partial charge in [-0.25, -0.2) is 0 Å². The van der Waals surface area contributed by atoms with Crippen LogP contribution in [-0.2, 0) is 17.8 Å².